The number of aliphatic hydroxyl groups is 1. The fraction of sp³-hybridized carbons (Fsp3) is 0.625. The molecule has 0 aliphatic heterocycles. The van der Waals surface area contributed by atoms with Gasteiger partial charge in [-0.1, -0.05) is 45.2 Å². The van der Waals surface area contributed by atoms with Gasteiger partial charge < -0.3 is 5.11 Å². The van der Waals surface area contributed by atoms with Crippen LogP contribution in [0.3, 0.4) is 0 Å². The average Bonchev–Trinajstić information content (AvgIpc) is 2.64. The number of benzene rings is 1. The van der Waals surface area contributed by atoms with Crippen LogP contribution >= 0.6 is 0 Å². The van der Waals surface area contributed by atoms with Crippen LogP contribution in [0.5, 0.6) is 0 Å². The van der Waals surface area contributed by atoms with Gasteiger partial charge in [-0.3, -0.25) is 0 Å². The molecule has 0 amide bonds. The second-order valence-electron chi connectivity index (χ2n) is 6.16. The van der Waals surface area contributed by atoms with Crippen LogP contribution < -0.4 is 4.72 Å². The second-order valence-corrected chi connectivity index (χ2v) is 7.87. The van der Waals surface area contributed by atoms with Gasteiger partial charge in [-0.25, -0.2) is 13.1 Å². The number of aliphatic hydroxyl groups excluding tert-OH is 1. The molecule has 0 bridgehead atoms. The van der Waals surface area contributed by atoms with Crippen molar-refractivity contribution in [1.29, 1.82) is 0 Å². The van der Waals surface area contributed by atoms with Gasteiger partial charge >= 0.3 is 0 Å². The molecule has 0 heterocycles. The van der Waals surface area contributed by atoms with Crippen molar-refractivity contribution in [1.82, 2.24) is 4.72 Å². The van der Waals surface area contributed by atoms with E-state index in [1.54, 1.807) is 12.1 Å². The van der Waals surface area contributed by atoms with Gasteiger partial charge in [0.15, 0.2) is 0 Å². The largest absolute Gasteiger partial charge is 0.391 e. The van der Waals surface area contributed by atoms with Gasteiger partial charge in [0.2, 0.25) is 10.0 Å². The quantitative estimate of drug-likeness (QED) is 0.840. The second kappa shape index (κ2) is 6.90. The van der Waals surface area contributed by atoms with E-state index in [9.17, 15) is 13.5 Å². The van der Waals surface area contributed by atoms with E-state index < -0.39 is 16.1 Å². The van der Waals surface area contributed by atoms with Crippen LogP contribution in [0.25, 0.3) is 0 Å². The Hall–Kier alpha value is -0.910. The summed E-state index contributed by atoms with van der Waals surface area (Å²) in [6.45, 7) is 4.15. The minimum Gasteiger partial charge on any atom is -0.391 e. The summed E-state index contributed by atoms with van der Waals surface area (Å²) in [7, 11) is -3.56. The van der Waals surface area contributed by atoms with Crippen LogP contribution in [-0.4, -0.2) is 25.7 Å². The molecule has 118 valence electrons. The number of hydrogen-bond acceptors (Lipinski definition) is 3. The average molecular weight is 311 g/mol. The highest BCUT2D eigenvalue weighted by Gasteiger charge is 2.27. The number of hydrogen-bond donors (Lipinski definition) is 2. The Morgan fingerprint density at radius 3 is 2.33 bits per heavy atom. The van der Waals surface area contributed by atoms with E-state index in [2.05, 4.69) is 18.6 Å². The predicted molar refractivity (Wildman–Crippen MR) is 83.7 cm³/mol. The highest BCUT2D eigenvalue weighted by atomic mass is 32.2. The van der Waals surface area contributed by atoms with Crippen LogP contribution in [0.2, 0.25) is 0 Å². The third-order valence-corrected chi connectivity index (χ3v) is 5.65. The molecule has 0 radical (unpaired) electrons. The van der Waals surface area contributed by atoms with Crippen molar-refractivity contribution in [2.45, 2.75) is 68.9 Å². The lowest BCUT2D eigenvalue weighted by molar-refractivity contribution is 0.130. The Bertz CT molecular complexity index is 551. The van der Waals surface area contributed by atoms with E-state index >= 15 is 0 Å². The minimum atomic E-state index is -3.56. The SMILES string of the molecule is CC(C)c1ccc(S(=O)(=O)NC2CCCCCC2O)cc1. The van der Waals surface area contributed by atoms with Gasteiger partial charge in [0.25, 0.3) is 0 Å². The van der Waals surface area contributed by atoms with Crippen molar-refractivity contribution in [2.24, 2.45) is 0 Å². The lowest BCUT2D eigenvalue weighted by Crippen LogP contribution is -2.42. The molecule has 2 rings (SSSR count). The topological polar surface area (TPSA) is 66.4 Å². The number of rotatable bonds is 4. The van der Waals surface area contributed by atoms with Gasteiger partial charge in [0, 0.05) is 6.04 Å². The van der Waals surface area contributed by atoms with E-state index in [4.69, 9.17) is 0 Å². The smallest absolute Gasteiger partial charge is 0.240 e. The molecule has 1 aromatic rings. The van der Waals surface area contributed by atoms with Crippen LogP contribution in [0.15, 0.2) is 29.2 Å². The van der Waals surface area contributed by atoms with Crippen LogP contribution in [0.4, 0.5) is 0 Å². The molecule has 21 heavy (non-hydrogen) atoms. The molecular weight excluding hydrogens is 286 g/mol. The van der Waals surface area contributed by atoms with Crippen molar-refractivity contribution in [3.63, 3.8) is 0 Å². The molecule has 0 spiro atoms. The zero-order valence-electron chi connectivity index (χ0n) is 12.7. The maximum atomic E-state index is 12.4. The maximum absolute atomic E-state index is 12.4. The van der Waals surface area contributed by atoms with Crippen LogP contribution in [0.1, 0.15) is 57.4 Å². The Morgan fingerprint density at radius 1 is 1.10 bits per heavy atom. The summed E-state index contributed by atoms with van der Waals surface area (Å²) in [4.78, 5) is 0.267. The van der Waals surface area contributed by atoms with Crippen molar-refractivity contribution in [2.75, 3.05) is 0 Å². The molecule has 1 aliphatic carbocycles. The Labute approximate surface area is 127 Å². The van der Waals surface area contributed by atoms with Gasteiger partial charge in [-0.2, -0.15) is 0 Å². The molecule has 0 saturated heterocycles. The highest BCUT2D eigenvalue weighted by molar-refractivity contribution is 7.89. The molecule has 2 N–H and O–H groups in total. The van der Waals surface area contributed by atoms with Crippen molar-refractivity contribution in [3.8, 4) is 0 Å². The summed E-state index contributed by atoms with van der Waals surface area (Å²) in [6, 6.07) is 6.61. The maximum Gasteiger partial charge on any atom is 0.240 e. The molecule has 1 aromatic carbocycles. The van der Waals surface area contributed by atoms with E-state index in [1.807, 2.05) is 12.1 Å². The number of nitrogens with one attached hydrogen (secondary N) is 1. The van der Waals surface area contributed by atoms with Crippen molar-refractivity contribution < 1.29 is 13.5 Å². The van der Waals surface area contributed by atoms with Gasteiger partial charge in [0.1, 0.15) is 0 Å². The van der Waals surface area contributed by atoms with Crippen molar-refractivity contribution >= 4 is 10.0 Å². The summed E-state index contributed by atoms with van der Waals surface area (Å²) < 4.78 is 27.5. The van der Waals surface area contributed by atoms with Crippen LogP contribution in [0, 0.1) is 0 Å². The fourth-order valence-electron chi connectivity index (χ4n) is 2.72. The Balaban J connectivity index is 2.13. The molecule has 1 fully saturated rings. The third kappa shape index (κ3) is 4.28. The molecular formula is C16H25NO3S. The first-order valence-corrected chi connectivity index (χ1v) is 9.19. The normalized spacial score (nSPS) is 24.0. The predicted octanol–water partition coefficient (Wildman–Crippen LogP) is 2.78. The molecule has 4 nitrogen and oxygen atoms in total. The zero-order valence-corrected chi connectivity index (χ0v) is 13.6. The molecule has 1 saturated carbocycles. The lowest BCUT2D eigenvalue weighted by atomic mass is 10.0. The summed E-state index contributed by atoms with van der Waals surface area (Å²) in [6.07, 6.45) is 3.75. The fourth-order valence-corrected chi connectivity index (χ4v) is 4.03. The third-order valence-electron chi connectivity index (χ3n) is 4.14. The van der Waals surface area contributed by atoms with E-state index in [1.165, 1.54) is 0 Å². The van der Waals surface area contributed by atoms with E-state index in [0.717, 1.165) is 24.8 Å². The first kappa shape index (κ1) is 16.5. The molecule has 2 atom stereocenters. The summed E-state index contributed by atoms with van der Waals surface area (Å²) in [5.74, 6) is 0.374. The first-order chi connectivity index (χ1) is 9.90. The monoisotopic (exact) mass is 311 g/mol. The number of sulfonamides is 1. The zero-order chi connectivity index (χ0) is 15.5. The molecule has 5 heteroatoms. The Morgan fingerprint density at radius 2 is 1.71 bits per heavy atom. The van der Waals surface area contributed by atoms with Gasteiger partial charge in [-0.15, -0.1) is 0 Å². The van der Waals surface area contributed by atoms with Gasteiger partial charge in [0.05, 0.1) is 11.0 Å². The molecule has 1 aliphatic rings. The van der Waals surface area contributed by atoms with E-state index in [-0.39, 0.29) is 10.9 Å². The lowest BCUT2D eigenvalue weighted by Gasteiger charge is -2.21. The Kier molecular flexibility index (Phi) is 5.41. The summed E-state index contributed by atoms with van der Waals surface area (Å²) in [5.41, 5.74) is 1.11. The molecule has 2 unspecified atom stereocenters. The minimum absolute atomic E-state index is 0.267. The summed E-state index contributed by atoms with van der Waals surface area (Å²) in [5, 5.41) is 10.0. The van der Waals surface area contributed by atoms with Gasteiger partial charge in [-0.05, 0) is 36.5 Å². The summed E-state index contributed by atoms with van der Waals surface area (Å²) >= 11 is 0. The van der Waals surface area contributed by atoms with E-state index in [0.29, 0.717) is 18.8 Å². The first-order valence-electron chi connectivity index (χ1n) is 7.70. The van der Waals surface area contributed by atoms with Crippen molar-refractivity contribution in [3.05, 3.63) is 29.8 Å². The highest BCUT2D eigenvalue weighted by Crippen LogP contribution is 2.21. The molecule has 0 aromatic heterocycles. The standard InChI is InChI=1S/C16H25NO3S/c1-12(2)13-8-10-14(11-9-13)21(19,20)17-15-6-4-3-5-7-16(15)18/h8-12,15-18H,3-7H2,1-2H3. The van der Waals surface area contributed by atoms with Crippen LogP contribution in [-0.2, 0) is 10.0 Å².